The van der Waals surface area contributed by atoms with E-state index in [2.05, 4.69) is 6.07 Å². The van der Waals surface area contributed by atoms with Gasteiger partial charge in [0.2, 0.25) is 0 Å². The Morgan fingerprint density at radius 3 is 2.74 bits per heavy atom. The first kappa shape index (κ1) is 18.3. The molecule has 2 heterocycles. The molecule has 0 unspecified atom stereocenters. The number of ether oxygens (including phenoxy) is 2. The summed E-state index contributed by atoms with van der Waals surface area (Å²) in [6.45, 7) is 2.52. The van der Waals surface area contributed by atoms with Crippen LogP contribution in [0.1, 0.15) is 28.4 Å². The zero-order chi connectivity index (χ0) is 19.0. The molecule has 0 aromatic heterocycles. The van der Waals surface area contributed by atoms with Gasteiger partial charge in [-0.1, -0.05) is 6.07 Å². The van der Waals surface area contributed by atoms with Crippen molar-refractivity contribution < 1.29 is 27.0 Å². The smallest absolute Gasteiger partial charge is 0.416 e. The molecule has 0 aliphatic carbocycles. The molecule has 0 bridgehead atoms. The first-order valence-electron chi connectivity index (χ1n) is 8.85. The van der Waals surface area contributed by atoms with E-state index in [0.717, 1.165) is 35.4 Å². The van der Waals surface area contributed by atoms with Crippen molar-refractivity contribution >= 4 is 0 Å². The van der Waals surface area contributed by atoms with Gasteiger partial charge in [0.15, 0.2) is 0 Å². The van der Waals surface area contributed by atoms with Crippen LogP contribution in [0, 0.1) is 5.82 Å². The van der Waals surface area contributed by atoms with E-state index in [1.807, 2.05) is 17.0 Å². The van der Waals surface area contributed by atoms with Gasteiger partial charge >= 0.3 is 6.18 Å². The summed E-state index contributed by atoms with van der Waals surface area (Å²) in [5.74, 6) is 0.0223. The Bertz CT molecular complexity index is 837. The number of rotatable bonds is 3. The lowest BCUT2D eigenvalue weighted by atomic mass is 10.0. The van der Waals surface area contributed by atoms with E-state index >= 15 is 0 Å². The average molecular weight is 381 g/mol. The van der Waals surface area contributed by atoms with Crippen LogP contribution in [0.3, 0.4) is 0 Å². The third kappa shape index (κ3) is 4.09. The highest BCUT2D eigenvalue weighted by atomic mass is 19.4. The minimum Gasteiger partial charge on any atom is -0.493 e. The molecule has 2 aromatic rings. The van der Waals surface area contributed by atoms with Crippen LogP contribution >= 0.6 is 0 Å². The van der Waals surface area contributed by atoms with Gasteiger partial charge in [-0.2, -0.15) is 13.2 Å². The second-order valence-electron chi connectivity index (χ2n) is 6.91. The number of fused-ring (bicyclic) bond motifs is 1. The lowest BCUT2D eigenvalue weighted by Crippen LogP contribution is -2.37. The van der Waals surface area contributed by atoms with E-state index < -0.39 is 17.6 Å². The van der Waals surface area contributed by atoms with Crippen LogP contribution in [0.5, 0.6) is 5.75 Å². The second kappa shape index (κ2) is 7.13. The fourth-order valence-electron chi connectivity index (χ4n) is 3.62. The molecule has 3 nitrogen and oxygen atoms in total. The number of hydrogen-bond acceptors (Lipinski definition) is 3. The molecular weight excluding hydrogens is 362 g/mol. The average Bonchev–Trinajstić information content (AvgIpc) is 3.08. The largest absolute Gasteiger partial charge is 0.493 e. The van der Waals surface area contributed by atoms with Gasteiger partial charge in [0.05, 0.1) is 24.9 Å². The van der Waals surface area contributed by atoms with Gasteiger partial charge in [0.1, 0.15) is 11.6 Å². The van der Waals surface area contributed by atoms with Crippen LogP contribution in [0.25, 0.3) is 0 Å². The van der Waals surface area contributed by atoms with Gasteiger partial charge in [0, 0.05) is 26.1 Å². The molecular formula is C20H19F4NO2. The Kier molecular flexibility index (Phi) is 4.82. The monoisotopic (exact) mass is 381 g/mol. The van der Waals surface area contributed by atoms with E-state index in [1.165, 1.54) is 0 Å². The SMILES string of the molecule is Fc1cc(CN2CCO[C@H](c3ccc4c(c3)CCO4)C2)cc(C(F)(F)F)c1. The van der Waals surface area contributed by atoms with Crippen LogP contribution in [0.2, 0.25) is 0 Å². The summed E-state index contributed by atoms with van der Waals surface area (Å²) in [5.41, 5.74) is 1.53. The Hall–Kier alpha value is -2.12. The molecule has 1 atom stereocenters. The predicted molar refractivity (Wildman–Crippen MR) is 91.0 cm³/mol. The normalized spacial score (nSPS) is 20.4. The zero-order valence-corrected chi connectivity index (χ0v) is 14.6. The van der Waals surface area contributed by atoms with Gasteiger partial charge in [0.25, 0.3) is 0 Å². The number of hydrogen-bond donors (Lipinski definition) is 0. The lowest BCUT2D eigenvalue weighted by molar-refractivity contribution is -0.137. The highest BCUT2D eigenvalue weighted by Crippen LogP contribution is 2.32. The topological polar surface area (TPSA) is 21.7 Å². The summed E-state index contributed by atoms with van der Waals surface area (Å²) >= 11 is 0. The van der Waals surface area contributed by atoms with Gasteiger partial charge in [-0.15, -0.1) is 0 Å². The van der Waals surface area contributed by atoms with Crippen molar-refractivity contribution in [2.24, 2.45) is 0 Å². The van der Waals surface area contributed by atoms with E-state index in [9.17, 15) is 17.6 Å². The standard InChI is InChI=1S/C20H19F4NO2/c21-17-8-13(7-16(10-17)20(22,23)24)11-25-4-6-27-19(12-25)14-1-2-18-15(9-14)3-5-26-18/h1-2,7-10,19H,3-6,11-12H2/t19-/m0/s1. The molecule has 0 spiro atoms. The zero-order valence-electron chi connectivity index (χ0n) is 14.6. The Morgan fingerprint density at radius 2 is 1.93 bits per heavy atom. The number of alkyl halides is 3. The maximum absolute atomic E-state index is 13.6. The van der Waals surface area contributed by atoms with Gasteiger partial charge in [-0.25, -0.2) is 4.39 Å². The quantitative estimate of drug-likeness (QED) is 0.738. The van der Waals surface area contributed by atoms with E-state index in [4.69, 9.17) is 9.47 Å². The molecule has 2 aliphatic heterocycles. The molecule has 0 N–H and O–H groups in total. The van der Waals surface area contributed by atoms with Crippen molar-refractivity contribution in [3.63, 3.8) is 0 Å². The maximum atomic E-state index is 13.6. The first-order chi connectivity index (χ1) is 12.9. The van der Waals surface area contributed by atoms with Crippen LogP contribution in [0.4, 0.5) is 17.6 Å². The van der Waals surface area contributed by atoms with Crippen LogP contribution in [-0.2, 0) is 23.9 Å². The Labute approximate surface area is 154 Å². The molecule has 2 aromatic carbocycles. The molecule has 0 saturated carbocycles. The summed E-state index contributed by atoms with van der Waals surface area (Å²) in [5, 5.41) is 0. The summed E-state index contributed by atoms with van der Waals surface area (Å²) in [6.07, 6.45) is -3.86. The molecule has 0 amide bonds. The molecule has 0 radical (unpaired) electrons. The maximum Gasteiger partial charge on any atom is 0.416 e. The highest BCUT2D eigenvalue weighted by molar-refractivity contribution is 5.40. The molecule has 27 heavy (non-hydrogen) atoms. The molecule has 1 fully saturated rings. The van der Waals surface area contributed by atoms with Crippen LogP contribution in [-0.4, -0.2) is 31.2 Å². The van der Waals surface area contributed by atoms with Crippen LogP contribution < -0.4 is 4.74 Å². The summed E-state index contributed by atoms with van der Waals surface area (Å²) < 4.78 is 63.7. The predicted octanol–water partition coefficient (Wildman–Crippen LogP) is 4.35. The molecule has 1 saturated heterocycles. The fraction of sp³-hybridized carbons (Fsp3) is 0.400. The minimum absolute atomic E-state index is 0.166. The van der Waals surface area contributed by atoms with Gasteiger partial charge in [-0.3, -0.25) is 4.90 Å². The lowest BCUT2D eigenvalue weighted by Gasteiger charge is -2.33. The number of morpholine rings is 1. The van der Waals surface area contributed by atoms with Crippen molar-refractivity contribution in [3.05, 3.63) is 64.5 Å². The van der Waals surface area contributed by atoms with Crippen molar-refractivity contribution in [2.45, 2.75) is 25.2 Å². The molecule has 7 heteroatoms. The van der Waals surface area contributed by atoms with Crippen molar-refractivity contribution in [1.82, 2.24) is 4.90 Å². The van der Waals surface area contributed by atoms with E-state index in [0.29, 0.717) is 37.9 Å². The van der Waals surface area contributed by atoms with Crippen molar-refractivity contribution in [1.29, 1.82) is 0 Å². The Balaban J connectivity index is 1.48. The minimum atomic E-state index is -4.56. The highest BCUT2D eigenvalue weighted by Gasteiger charge is 2.32. The third-order valence-corrected chi connectivity index (χ3v) is 4.93. The number of benzene rings is 2. The second-order valence-corrected chi connectivity index (χ2v) is 6.91. The van der Waals surface area contributed by atoms with E-state index in [-0.39, 0.29) is 12.6 Å². The third-order valence-electron chi connectivity index (χ3n) is 4.93. The number of halogens is 4. The van der Waals surface area contributed by atoms with E-state index in [1.54, 1.807) is 0 Å². The molecule has 2 aliphatic rings. The number of nitrogens with zero attached hydrogens (tertiary/aromatic N) is 1. The summed E-state index contributed by atoms with van der Waals surface area (Å²) in [7, 11) is 0. The summed E-state index contributed by atoms with van der Waals surface area (Å²) in [4.78, 5) is 1.99. The summed E-state index contributed by atoms with van der Waals surface area (Å²) in [6, 6.07) is 8.66. The fourth-order valence-corrected chi connectivity index (χ4v) is 3.62. The Morgan fingerprint density at radius 1 is 1.07 bits per heavy atom. The van der Waals surface area contributed by atoms with Gasteiger partial charge < -0.3 is 9.47 Å². The van der Waals surface area contributed by atoms with Gasteiger partial charge in [-0.05, 0) is 47.0 Å². The first-order valence-corrected chi connectivity index (χ1v) is 8.85. The van der Waals surface area contributed by atoms with Crippen molar-refractivity contribution in [2.75, 3.05) is 26.3 Å². The molecule has 144 valence electrons. The van der Waals surface area contributed by atoms with Crippen molar-refractivity contribution in [3.8, 4) is 5.75 Å². The molecule has 4 rings (SSSR count). The van der Waals surface area contributed by atoms with Crippen LogP contribution in [0.15, 0.2) is 36.4 Å².